The van der Waals surface area contributed by atoms with E-state index >= 15 is 0 Å². The topological polar surface area (TPSA) is 40.5 Å². The number of ether oxygens (including phenoxy) is 2. The summed E-state index contributed by atoms with van der Waals surface area (Å²) < 4.78 is 12.0. The Morgan fingerprint density at radius 1 is 1.11 bits per heavy atom. The highest BCUT2D eigenvalue weighted by Gasteiger charge is 2.25. The number of piperazine rings is 1. The summed E-state index contributed by atoms with van der Waals surface area (Å²) >= 11 is 0. The molecule has 0 saturated carbocycles. The van der Waals surface area contributed by atoms with Crippen LogP contribution in [0.15, 0.2) is 46.8 Å². The van der Waals surface area contributed by atoms with Gasteiger partial charge in [0.1, 0.15) is 17.8 Å². The number of hydrogen-bond acceptors (Lipinski definition) is 6. The summed E-state index contributed by atoms with van der Waals surface area (Å²) in [6, 6.07) is 2.41. The second-order valence-corrected chi connectivity index (χ2v) is 10.2. The van der Waals surface area contributed by atoms with E-state index in [2.05, 4.69) is 65.0 Å². The van der Waals surface area contributed by atoms with E-state index < -0.39 is 0 Å². The number of fused-ring (bicyclic) bond motifs is 3. The third-order valence-electron chi connectivity index (χ3n) is 7.45. The molecule has 6 heteroatoms. The zero-order valence-electron chi connectivity index (χ0n) is 21.6. The second kappa shape index (κ2) is 11.0. The molecule has 1 aromatic rings. The minimum absolute atomic E-state index is 0.468. The highest BCUT2D eigenvalue weighted by atomic mass is 16.5. The summed E-state index contributed by atoms with van der Waals surface area (Å²) in [5.41, 5.74) is 3.91. The molecule has 0 spiro atoms. The van der Waals surface area contributed by atoms with Crippen molar-refractivity contribution in [2.24, 2.45) is 10.9 Å². The van der Waals surface area contributed by atoms with Gasteiger partial charge in [0, 0.05) is 63.1 Å². The van der Waals surface area contributed by atoms with Gasteiger partial charge in [0.15, 0.2) is 5.75 Å². The predicted octanol–water partition coefficient (Wildman–Crippen LogP) is 3.18. The average molecular weight is 477 g/mol. The molecule has 4 aliphatic rings. The van der Waals surface area contributed by atoms with Crippen LogP contribution < -0.4 is 15.3 Å². The maximum atomic E-state index is 6.29. The lowest BCUT2D eigenvalue weighted by atomic mass is 9.98. The van der Waals surface area contributed by atoms with Crippen LogP contribution in [-0.4, -0.2) is 67.8 Å². The van der Waals surface area contributed by atoms with Crippen molar-refractivity contribution in [1.29, 1.82) is 0 Å². The smallest absolute Gasteiger partial charge is 0.151 e. The minimum atomic E-state index is 0.468. The maximum absolute atomic E-state index is 6.29. The summed E-state index contributed by atoms with van der Waals surface area (Å²) in [7, 11) is 1.77. The lowest BCUT2D eigenvalue weighted by Gasteiger charge is -2.37. The van der Waals surface area contributed by atoms with Crippen LogP contribution in [0.3, 0.4) is 0 Å². The van der Waals surface area contributed by atoms with E-state index in [9.17, 15) is 0 Å². The van der Waals surface area contributed by atoms with E-state index in [4.69, 9.17) is 14.5 Å². The van der Waals surface area contributed by atoms with Gasteiger partial charge in [-0.3, -0.25) is 14.8 Å². The molecule has 0 unspecified atom stereocenters. The van der Waals surface area contributed by atoms with Crippen molar-refractivity contribution in [1.82, 2.24) is 14.7 Å². The van der Waals surface area contributed by atoms with Crippen LogP contribution in [0, 0.1) is 5.92 Å². The average Bonchev–Trinajstić information content (AvgIpc) is 3.13. The molecule has 188 valence electrons. The zero-order chi connectivity index (χ0) is 24.2. The number of nitrogens with zero attached hydrogens (tertiary/aromatic N) is 4. The summed E-state index contributed by atoms with van der Waals surface area (Å²) in [4.78, 5) is 12.5. The monoisotopic (exact) mass is 476 g/mol. The maximum Gasteiger partial charge on any atom is 0.151 e. The van der Waals surface area contributed by atoms with Gasteiger partial charge in [-0.05, 0) is 42.5 Å². The molecule has 0 amide bonds. The van der Waals surface area contributed by atoms with E-state index in [1.807, 2.05) is 0 Å². The molecule has 1 atom stereocenters. The Morgan fingerprint density at radius 2 is 1.94 bits per heavy atom. The summed E-state index contributed by atoms with van der Waals surface area (Å²) in [6.45, 7) is 13.1. The second-order valence-electron chi connectivity index (χ2n) is 10.2. The first-order chi connectivity index (χ1) is 17.2. The number of methoxy groups -OCH3 is 1. The number of allylic oxidation sites excluding steroid dienone is 4. The molecule has 0 N–H and O–H groups in total. The largest absolute Gasteiger partial charge is 0.495 e. The SMILES string of the molecule is CCCCN1COc2c(cc(CN3CCN(C4=C(OC)C=CCC=C4)CC3)c3c2=NC[C@@H](C)C=3)C1. The first-order valence-electron chi connectivity index (χ1n) is 13.3. The van der Waals surface area contributed by atoms with E-state index in [-0.39, 0.29) is 0 Å². The van der Waals surface area contributed by atoms with Gasteiger partial charge in [-0.1, -0.05) is 38.5 Å². The molecule has 1 saturated heterocycles. The van der Waals surface area contributed by atoms with Gasteiger partial charge in [-0.25, -0.2) is 0 Å². The lowest BCUT2D eigenvalue weighted by molar-refractivity contribution is 0.0920. The van der Waals surface area contributed by atoms with Crippen LogP contribution in [0.25, 0.3) is 6.08 Å². The number of hydrogen-bond donors (Lipinski definition) is 0. The standard InChI is InChI=1S/C29H40N4O2/c1-4-5-11-32-20-24-17-23(25-16-22(2)18-30-28(25)29(24)35-21-32)19-31-12-14-33(15-13-31)26-9-7-6-8-10-27(26)34-3/h7-10,16-17,22H,4-6,11-15,18-21H2,1-3H3/t22-/m0/s1. The molecule has 6 nitrogen and oxygen atoms in total. The van der Waals surface area contributed by atoms with Crippen LogP contribution in [-0.2, 0) is 17.8 Å². The predicted molar refractivity (Wildman–Crippen MR) is 140 cm³/mol. The summed E-state index contributed by atoms with van der Waals surface area (Å²) in [5.74, 6) is 2.46. The molecule has 3 aliphatic heterocycles. The van der Waals surface area contributed by atoms with Crippen LogP contribution in [0.2, 0.25) is 0 Å². The number of benzene rings is 1. The first kappa shape index (κ1) is 24.1. The van der Waals surface area contributed by atoms with Crippen molar-refractivity contribution in [2.75, 3.05) is 53.1 Å². The normalized spacial score (nSPS) is 22.6. The Hall–Kier alpha value is -2.57. The molecule has 0 aromatic heterocycles. The van der Waals surface area contributed by atoms with E-state index in [0.29, 0.717) is 12.6 Å². The van der Waals surface area contributed by atoms with Crippen molar-refractivity contribution < 1.29 is 9.47 Å². The van der Waals surface area contributed by atoms with Gasteiger partial charge in [0.05, 0.1) is 12.8 Å². The van der Waals surface area contributed by atoms with Crippen LogP contribution in [0.5, 0.6) is 5.75 Å². The van der Waals surface area contributed by atoms with Gasteiger partial charge in [-0.2, -0.15) is 0 Å². The Labute approximate surface area is 209 Å². The van der Waals surface area contributed by atoms with Crippen LogP contribution >= 0.6 is 0 Å². The number of rotatable bonds is 7. The fourth-order valence-electron chi connectivity index (χ4n) is 5.50. The molecule has 35 heavy (non-hydrogen) atoms. The van der Waals surface area contributed by atoms with Crippen LogP contribution in [0.4, 0.5) is 0 Å². The Morgan fingerprint density at radius 3 is 2.74 bits per heavy atom. The molecule has 1 aliphatic carbocycles. The first-order valence-corrected chi connectivity index (χ1v) is 13.3. The van der Waals surface area contributed by atoms with Crippen molar-refractivity contribution >= 4 is 6.08 Å². The van der Waals surface area contributed by atoms with Crippen molar-refractivity contribution in [3.8, 4) is 5.75 Å². The van der Waals surface area contributed by atoms with E-state index in [1.165, 1.54) is 34.9 Å². The Bertz CT molecular complexity index is 1130. The highest BCUT2D eigenvalue weighted by Crippen LogP contribution is 2.24. The third-order valence-corrected chi connectivity index (χ3v) is 7.45. The summed E-state index contributed by atoms with van der Waals surface area (Å²) in [6.07, 6.45) is 14.5. The summed E-state index contributed by atoms with van der Waals surface area (Å²) in [5, 5.41) is 2.39. The molecule has 1 aromatic carbocycles. The van der Waals surface area contributed by atoms with Gasteiger partial charge < -0.3 is 14.4 Å². The zero-order valence-corrected chi connectivity index (χ0v) is 21.6. The Kier molecular flexibility index (Phi) is 7.59. The van der Waals surface area contributed by atoms with E-state index in [1.54, 1.807) is 7.11 Å². The highest BCUT2D eigenvalue weighted by molar-refractivity contribution is 5.44. The molecular formula is C29H40N4O2. The third kappa shape index (κ3) is 5.34. The Balaban J connectivity index is 1.35. The molecular weight excluding hydrogens is 436 g/mol. The quantitative estimate of drug-likeness (QED) is 0.605. The van der Waals surface area contributed by atoms with Crippen molar-refractivity contribution in [3.05, 3.63) is 63.5 Å². The number of unbranched alkanes of at least 4 members (excludes halogenated alkanes) is 1. The van der Waals surface area contributed by atoms with Crippen molar-refractivity contribution in [3.63, 3.8) is 0 Å². The van der Waals surface area contributed by atoms with Gasteiger partial charge in [0.2, 0.25) is 0 Å². The fourth-order valence-corrected chi connectivity index (χ4v) is 5.50. The van der Waals surface area contributed by atoms with Crippen LogP contribution in [0.1, 0.15) is 44.2 Å². The molecule has 0 bridgehead atoms. The van der Waals surface area contributed by atoms with Crippen molar-refractivity contribution in [2.45, 2.75) is 46.2 Å². The van der Waals surface area contributed by atoms with E-state index in [0.717, 1.165) is 75.6 Å². The van der Waals surface area contributed by atoms with Gasteiger partial charge in [-0.15, -0.1) is 0 Å². The molecule has 5 rings (SSSR count). The minimum Gasteiger partial charge on any atom is -0.495 e. The molecule has 0 radical (unpaired) electrons. The molecule has 1 fully saturated rings. The fraction of sp³-hybridized carbons (Fsp3) is 0.552. The van der Waals surface area contributed by atoms with Gasteiger partial charge >= 0.3 is 0 Å². The lowest BCUT2D eigenvalue weighted by Crippen LogP contribution is -2.47. The molecule has 3 heterocycles. The van der Waals surface area contributed by atoms with Gasteiger partial charge in [0.25, 0.3) is 0 Å².